The summed E-state index contributed by atoms with van der Waals surface area (Å²) >= 11 is 5.09. The predicted octanol–water partition coefficient (Wildman–Crippen LogP) is 5.28. The van der Waals surface area contributed by atoms with Gasteiger partial charge in [-0.1, -0.05) is 15.9 Å². The van der Waals surface area contributed by atoms with Gasteiger partial charge in [-0.2, -0.15) is 5.10 Å². The molecule has 0 aliphatic heterocycles. The number of ether oxygens (including phenoxy) is 2. The summed E-state index contributed by atoms with van der Waals surface area (Å²) in [5.41, 5.74) is 3.89. The fraction of sp³-hybridized carbons (Fsp3) is 0.182. The van der Waals surface area contributed by atoms with Crippen molar-refractivity contribution in [2.75, 3.05) is 20.8 Å². The van der Waals surface area contributed by atoms with Crippen LogP contribution in [0.5, 0.6) is 11.5 Å². The van der Waals surface area contributed by atoms with Crippen LogP contribution in [0.15, 0.2) is 62.5 Å². The number of hydrogen-bond acceptors (Lipinski definition) is 5. The molecule has 154 valence electrons. The molecule has 4 rings (SSSR count). The largest absolute Gasteiger partial charge is 0.497 e. The third-order valence-corrected chi connectivity index (χ3v) is 6.00. The highest BCUT2D eigenvalue weighted by Gasteiger charge is 2.14. The van der Waals surface area contributed by atoms with Gasteiger partial charge in [-0.15, -0.1) is 11.3 Å². The summed E-state index contributed by atoms with van der Waals surface area (Å²) in [6.45, 7) is 2.69. The van der Waals surface area contributed by atoms with Gasteiger partial charge < -0.3 is 14.5 Å². The molecule has 8 heteroatoms. The molecule has 0 fully saturated rings. The van der Waals surface area contributed by atoms with Crippen molar-refractivity contribution in [3.05, 3.63) is 62.8 Å². The minimum absolute atomic E-state index is 0.676. The van der Waals surface area contributed by atoms with Crippen LogP contribution in [0.4, 0.5) is 0 Å². The Morgan fingerprint density at radius 2 is 2.03 bits per heavy atom. The highest BCUT2D eigenvalue weighted by molar-refractivity contribution is 9.10. The first-order chi connectivity index (χ1) is 14.6. The minimum Gasteiger partial charge on any atom is -0.497 e. The van der Waals surface area contributed by atoms with Gasteiger partial charge in [-0.25, -0.2) is 4.68 Å². The van der Waals surface area contributed by atoms with Crippen molar-refractivity contribution in [2.45, 2.75) is 6.92 Å². The van der Waals surface area contributed by atoms with Crippen molar-refractivity contribution >= 4 is 44.4 Å². The maximum absolute atomic E-state index is 5.61. The zero-order chi connectivity index (χ0) is 21.1. The number of thiazole rings is 1. The van der Waals surface area contributed by atoms with Crippen molar-refractivity contribution in [1.29, 1.82) is 0 Å². The van der Waals surface area contributed by atoms with Crippen molar-refractivity contribution in [1.82, 2.24) is 9.66 Å². The van der Waals surface area contributed by atoms with E-state index in [0.29, 0.717) is 6.54 Å². The molecule has 0 bridgehead atoms. The maximum atomic E-state index is 5.61. The van der Waals surface area contributed by atoms with E-state index in [1.165, 1.54) is 0 Å². The first-order valence-electron chi connectivity index (χ1n) is 9.39. The molecule has 0 spiro atoms. The lowest BCUT2D eigenvalue weighted by atomic mass is 10.1. The smallest absolute Gasteiger partial charge is 0.206 e. The Kier molecular flexibility index (Phi) is 6.06. The highest BCUT2D eigenvalue weighted by Crippen LogP contribution is 2.33. The minimum atomic E-state index is 0.676. The fourth-order valence-corrected chi connectivity index (χ4v) is 4.45. The van der Waals surface area contributed by atoms with Crippen molar-refractivity contribution < 1.29 is 9.47 Å². The van der Waals surface area contributed by atoms with Crippen LogP contribution in [-0.4, -0.2) is 36.6 Å². The molecule has 0 atom stereocenters. The lowest BCUT2D eigenvalue weighted by Crippen LogP contribution is -2.12. The van der Waals surface area contributed by atoms with Crippen LogP contribution in [0, 0.1) is 0 Å². The second kappa shape index (κ2) is 8.89. The van der Waals surface area contributed by atoms with Crippen LogP contribution in [-0.2, 0) is 0 Å². The monoisotopic (exact) mass is 484 g/mol. The van der Waals surface area contributed by atoms with E-state index in [1.807, 2.05) is 59.7 Å². The number of methoxy groups -OCH3 is 2. The molecule has 0 aliphatic carbocycles. The summed E-state index contributed by atoms with van der Waals surface area (Å²) in [4.78, 5) is 8.71. The quantitative estimate of drug-likeness (QED) is 0.378. The summed E-state index contributed by atoms with van der Waals surface area (Å²) in [6.07, 6.45) is 3.81. The molecule has 0 amide bonds. The SMILES string of the molecule is CCN=c1scc(-c2ccc(OC)cc2OC)n1N=Cc1c[nH]c2ccc(Br)cc12. The Morgan fingerprint density at radius 3 is 2.80 bits per heavy atom. The average Bonchev–Trinajstić information content (AvgIpc) is 3.35. The third kappa shape index (κ3) is 3.93. The Labute approximate surface area is 186 Å². The second-order valence-corrected chi connectivity index (χ2v) is 8.19. The second-order valence-electron chi connectivity index (χ2n) is 6.43. The van der Waals surface area contributed by atoms with Crippen molar-refractivity contribution in [3.8, 4) is 22.8 Å². The van der Waals surface area contributed by atoms with Gasteiger partial charge in [0.05, 0.1) is 26.1 Å². The van der Waals surface area contributed by atoms with Crippen LogP contribution in [0.25, 0.3) is 22.2 Å². The van der Waals surface area contributed by atoms with Gasteiger partial charge >= 0.3 is 0 Å². The van der Waals surface area contributed by atoms with Gasteiger partial charge in [-0.05, 0) is 37.3 Å². The Morgan fingerprint density at radius 1 is 1.17 bits per heavy atom. The van der Waals surface area contributed by atoms with E-state index in [9.17, 15) is 0 Å². The molecule has 2 aromatic carbocycles. The number of nitrogens with zero attached hydrogens (tertiary/aromatic N) is 3. The summed E-state index contributed by atoms with van der Waals surface area (Å²) < 4.78 is 13.8. The molecule has 1 N–H and O–H groups in total. The number of nitrogens with one attached hydrogen (secondary N) is 1. The molecule has 2 aromatic heterocycles. The zero-order valence-corrected chi connectivity index (χ0v) is 19.3. The molecule has 0 saturated heterocycles. The molecule has 2 heterocycles. The number of aromatic amines is 1. The summed E-state index contributed by atoms with van der Waals surface area (Å²) in [6, 6.07) is 11.9. The summed E-state index contributed by atoms with van der Waals surface area (Å²) in [7, 11) is 3.29. The topological polar surface area (TPSA) is 63.9 Å². The molecule has 0 unspecified atom stereocenters. The van der Waals surface area contributed by atoms with Gasteiger partial charge in [0.1, 0.15) is 11.5 Å². The van der Waals surface area contributed by atoms with E-state index in [4.69, 9.17) is 14.6 Å². The van der Waals surface area contributed by atoms with Crippen molar-refractivity contribution in [2.24, 2.45) is 10.1 Å². The van der Waals surface area contributed by atoms with Crippen LogP contribution < -0.4 is 14.3 Å². The Bertz CT molecular complexity index is 1290. The van der Waals surface area contributed by atoms with E-state index in [0.717, 1.165) is 48.5 Å². The molecule has 30 heavy (non-hydrogen) atoms. The van der Waals surface area contributed by atoms with Crippen LogP contribution in [0.3, 0.4) is 0 Å². The molecule has 4 aromatic rings. The van der Waals surface area contributed by atoms with Gasteiger partial charge in [0.25, 0.3) is 0 Å². The normalized spacial score (nSPS) is 12.2. The maximum Gasteiger partial charge on any atom is 0.206 e. The van der Waals surface area contributed by atoms with E-state index >= 15 is 0 Å². The number of aromatic nitrogens is 2. The highest BCUT2D eigenvalue weighted by atomic mass is 79.9. The van der Waals surface area contributed by atoms with Crippen LogP contribution in [0.1, 0.15) is 12.5 Å². The summed E-state index contributed by atoms with van der Waals surface area (Å²) in [5.74, 6) is 1.46. The number of H-pyrrole nitrogens is 1. The molecular formula is C22H21BrN4O2S. The number of halogens is 1. The van der Waals surface area contributed by atoms with Crippen LogP contribution >= 0.6 is 27.3 Å². The Hall–Kier alpha value is -2.84. The Balaban J connectivity index is 1.84. The van der Waals surface area contributed by atoms with E-state index in [1.54, 1.807) is 25.6 Å². The molecule has 0 aliphatic rings. The lowest BCUT2D eigenvalue weighted by molar-refractivity contribution is 0.395. The molecular weight excluding hydrogens is 464 g/mol. The fourth-order valence-electron chi connectivity index (χ4n) is 3.19. The molecule has 0 saturated carbocycles. The number of benzene rings is 2. The van der Waals surface area contributed by atoms with Gasteiger partial charge in [0.2, 0.25) is 4.80 Å². The molecule has 0 radical (unpaired) electrons. The van der Waals surface area contributed by atoms with E-state index in [2.05, 4.69) is 32.0 Å². The predicted molar refractivity (Wildman–Crippen MR) is 126 cm³/mol. The average molecular weight is 485 g/mol. The van der Waals surface area contributed by atoms with E-state index in [-0.39, 0.29) is 0 Å². The third-order valence-electron chi connectivity index (χ3n) is 4.65. The summed E-state index contributed by atoms with van der Waals surface area (Å²) in [5, 5.41) is 7.93. The van der Waals surface area contributed by atoms with Crippen molar-refractivity contribution in [3.63, 3.8) is 0 Å². The van der Waals surface area contributed by atoms with Gasteiger partial charge in [0.15, 0.2) is 0 Å². The first-order valence-corrected chi connectivity index (χ1v) is 11.1. The zero-order valence-electron chi connectivity index (χ0n) is 16.8. The van der Waals surface area contributed by atoms with Gasteiger partial charge in [0, 0.05) is 50.7 Å². The number of fused-ring (bicyclic) bond motifs is 1. The van der Waals surface area contributed by atoms with Crippen LogP contribution in [0.2, 0.25) is 0 Å². The van der Waals surface area contributed by atoms with E-state index < -0.39 is 0 Å². The number of hydrogen-bond donors (Lipinski definition) is 1. The van der Waals surface area contributed by atoms with Gasteiger partial charge in [-0.3, -0.25) is 4.99 Å². The number of rotatable bonds is 6. The lowest BCUT2D eigenvalue weighted by Gasteiger charge is -2.10. The standard InChI is InChI=1S/C22H21BrN4O2S/c1-4-24-22-27(26-12-14-11-25-19-8-5-15(23)9-18(14)19)20(13-30-22)17-7-6-16(28-2)10-21(17)29-3/h5-13,25H,4H2,1-3H3. The molecule has 6 nitrogen and oxygen atoms in total. The first kappa shape index (κ1) is 20.4.